The third-order valence-corrected chi connectivity index (χ3v) is 14.9. The Morgan fingerprint density at radius 1 is 0.262 bits per heavy atom. The highest BCUT2D eigenvalue weighted by Gasteiger charge is 2.18. The molecule has 0 unspecified atom stereocenters. The molecule has 0 aliphatic rings. The first-order chi connectivity index (χ1) is 32.2. The van der Waals surface area contributed by atoms with Gasteiger partial charge in [0.2, 0.25) is 0 Å². The Labute approximate surface area is 375 Å². The van der Waals surface area contributed by atoms with Gasteiger partial charge in [0.1, 0.15) is 22.3 Å². The molecule has 4 nitrogen and oxygen atoms in total. The van der Waals surface area contributed by atoms with Gasteiger partial charge in [-0.05, 0) is 131 Å². The normalized spacial score (nSPS) is 12.3. The first-order valence-electron chi connectivity index (χ1n) is 22.1. The van der Waals surface area contributed by atoms with Gasteiger partial charge in [-0.15, -0.1) is 11.3 Å². The lowest BCUT2D eigenvalue weighted by atomic mass is 9.98. The SMILES string of the molecule is c1ccc2c(c1)oc1ccc(-n3c4ccccc4c4cc(-c5ccc6sc7ccc(-c8ccc9c(c8)c8ccccc8n9-c8ccc9oc%10ccccc%10c9c8)cc7c6c5)ccc43)cc12. The Morgan fingerprint density at radius 2 is 0.631 bits per heavy atom. The van der Waals surface area contributed by atoms with E-state index in [1.54, 1.807) is 0 Å². The van der Waals surface area contributed by atoms with Crippen LogP contribution in [0, 0.1) is 0 Å². The van der Waals surface area contributed by atoms with Crippen LogP contribution in [-0.2, 0) is 0 Å². The van der Waals surface area contributed by atoms with Crippen molar-refractivity contribution in [1.29, 1.82) is 0 Å². The van der Waals surface area contributed by atoms with Crippen LogP contribution in [-0.4, -0.2) is 9.13 Å². The van der Waals surface area contributed by atoms with E-state index >= 15 is 0 Å². The summed E-state index contributed by atoms with van der Waals surface area (Å²) < 4.78 is 19.8. The minimum Gasteiger partial charge on any atom is -0.456 e. The average Bonchev–Trinajstić information content (AvgIpc) is 4.17. The largest absolute Gasteiger partial charge is 0.456 e. The quantitative estimate of drug-likeness (QED) is 0.177. The Kier molecular flexibility index (Phi) is 7.07. The van der Waals surface area contributed by atoms with Crippen LogP contribution in [0.15, 0.2) is 215 Å². The molecule has 10 aromatic carbocycles. The summed E-state index contributed by atoms with van der Waals surface area (Å²) in [5.41, 5.74) is 15.4. The van der Waals surface area contributed by atoms with Crippen LogP contribution in [0.2, 0.25) is 0 Å². The molecule has 5 aromatic heterocycles. The summed E-state index contributed by atoms with van der Waals surface area (Å²) in [7, 11) is 0. The Hall–Kier alpha value is -8.38. The second-order valence-electron chi connectivity index (χ2n) is 17.3. The molecular formula is C60H34N2O2S. The molecule has 0 aliphatic carbocycles. The van der Waals surface area contributed by atoms with E-state index < -0.39 is 0 Å². The molecule has 302 valence electrons. The summed E-state index contributed by atoms with van der Waals surface area (Å²) in [6.07, 6.45) is 0. The van der Waals surface area contributed by atoms with E-state index in [-0.39, 0.29) is 0 Å². The molecule has 0 radical (unpaired) electrons. The molecule has 0 N–H and O–H groups in total. The lowest BCUT2D eigenvalue weighted by Gasteiger charge is -2.09. The summed E-state index contributed by atoms with van der Waals surface area (Å²) in [6.45, 7) is 0. The van der Waals surface area contributed by atoms with Gasteiger partial charge in [0.05, 0.1) is 22.1 Å². The number of furan rings is 2. The molecular weight excluding hydrogens is 813 g/mol. The molecule has 0 bridgehead atoms. The minimum absolute atomic E-state index is 0.903. The standard InChI is InChI=1S/C60H34N2O2S/c1-5-13-51-41(9-1)45-29-35(17-23-53(45)61(51)39-21-25-57-47(33-39)43-11-3-7-15-55(43)63-57)37-19-27-59-49(31-37)50-32-38(20-28-60(50)65-59)36-18-24-54-46(30-36)42-10-2-6-14-52(42)62(54)40-22-26-58-48(34-40)44-12-4-8-16-56(44)64-58/h1-34H. The lowest BCUT2D eigenvalue weighted by Crippen LogP contribution is -1.93. The van der Waals surface area contributed by atoms with E-state index in [0.717, 1.165) is 55.3 Å². The highest BCUT2D eigenvalue weighted by molar-refractivity contribution is 7.25. The van der Waals surface area contributed by atoms with E-state index in [2.05, 4.69) is 191 Å². The smallest absolute Gasteiger partial charge is 0.135 e. The van der Waals surface area contributed by atoms with E-state index in [9.17, 15) is 0 Å². The second-order valence-corrected chi connectivity index (χ2v) is 18.3. The van der Waals surface area contributed by atoms with Crippen LogP contribution < -0.4 is 0 Å². The number of nitrogens with zero attached hydrogens (tertiary/aromatic N) is 2. The fourth-order valence-electron chi connectivity index (χ4n) is 10.7. The zero-order valence-corrected chi connectivity index (χ0v) is 35.6. The number of hydrogen-bond acceptors (Lipinski definition) is 3. The molecule has 0 spiro atoms. The number of benzene rings is 10. The van der Waals surface area contributed by atoms with Gasteiger partial charge in [0.15, 0.2) is 0 Å². The van der Waals surface area contributed by atoms with Crippen molar-refractivity contribution in [3.63, 3.8) is 0 Å². The Balaban J connectivity index is 0.838. The van der Waals surface area contributed by atoms with Gasteiger partial charge >= 0.3 is 0 Å². The van der Waals surface area contributed by atoms with Gasteiger partial charge in [0, 0.05) is 74.6 Å². The van der Waals surface area contributed by atoms with Gasteiger partial charge < -0.3 is 18.0 Å². The van der Waals surface area contributed by atoms with Gasteiger partial charge in [-0.3, -0.25) is 0 Å². The molecule has 5 heterocycles. The van der Waals surface area contributed by atoms with E-state index in [4.69, 9.17) is 8.83 Å². The van der Waals surface area contributed by atoms with Crippen LogP contribution in [0.25, 0.3) is 141 Å². The van der Waals surface area contributed by atoms with E-state index in [1.165, 1.54) is 86.0 Å². The predicted molar refractivity (Wildman–Crippen MR) is 273 cm³/mol. The molecule has 15 aromatic rings. The number of fused-ring (bicyclic) bond motifs is 15. The number of rotatable bonds is 4. The van der Waals surface area contributed by atoms with Gasteiger partial charge in [0.25, 0.3) is 0 Å². The zero-order valence-electron chi connectivity index (χ0n) is 34.7. The summed E-state index contributed by atoms with van der Waals surface area (Å²) in [5.74, 6) is 0. The van der Waals surface area contributed by atoms with Crippen molar-refractivity contribution >= 4 is 119 Å². The number of aromatic nitrogens is 2. The maximum Gasteiger partial charge on any atom is 0.135 e. The van der Waals surface area contributed by atoms with E-state index in [0.29, 0.717) is 0 Å². The van der Waals surface area contributed by atoms with Crippen LogP contribution in [0.1, 0.15) is 0 Å². The van der Waals surface area contributed by atoms with Gasteiger partial charge in [-0.2, -0.15) is 0 Å². The van der Waals surface area contributed by atoms with Crippen LogP contribution in [0.3, 0.4) is 0 Å². The average molecular weight is 847 g/mol. The van der Waals surface area contributed by atoms with E-state index in [1.807, 2.05) is 35.6 Å². The monoisotopic (exact) mass is 846 g/mol. The summed E-state index contributed by atoms with van der Waals surface area (Å²) in [4.78, 5) is 0. The van der Waals surface area contributed by atoms with Crippen molar-refractivity contribution in [2.75, 3.05) is 0 Å². The van der Waals surface area contributed by atoms with Gasteiger partial charge in [-0.25, -0.2) is 0 Å². The molecule has 0 atom stereocenters. The number of para-hydroxylation sites is 4. The second kappa shape index (κ2) is 13.1. The van der Waals surface area contributed by atoms with Crippen molar-refractivity contribution in [3.05, 3.63) is 206 Å². The third-order valence-electron chi connectivity index (χ3n) is 13.7. The van der Waals surface area contributed by atoms with Crippen molar-refractivity contribution in [3.8, 4) is 33.6 Å². The van der Waals surface area contributed by atoms with Crippen molar-refractivity contribution in [2.45, 2.75) is 0 Å². The minimum atomic E-state index is 0.903. The molecule has 0 amide bonds. The maximum absolute atomic E-state index is 6.19. The molecule has 0 aliphatic heterocycles. The first kappa shape index (κ1) is 35.1. The van der Waals surface area contributed by atoms with Crippen LogP contribution >= 0.6 is 11.3 Å². The number of thiophene rings is 1. The maximum atomic E-state index is 6.19. The summed E-state index contributed by atoms with van der Waals surface area (Å²) in [5, 5.41) is 12.0. The lowest BCUT2D eigenvalue weighted by molar-refractivity contribution is 0.668. The highest BCUT2D eigenvalue weighted by atomic mass is 32.1. The van der Waals surface area contributed by atoms with Crippen molar-refractivity contribution < 1.29 is 8.83 Å². The first-order valence-corrected chi connectivity index (χ1v) is 22.9. The fourth-order valence-corrected chi connectivity index (χ4v) is 11.8. The molecule has 65 heavy (non-hydrogen) atoms. The number of hydrogen-bond donors (Lipinski definition) is 0. The molecule has 0 saturated carbocycles. The Bertz CT molecular complexity index is 4210. The fraction of sp³-hybridized carbons (Fsp3) is 0. The van der Waals surface area contributed by atoms with Gasteiger partial charge in [-0.1, -0.05) is 97.1 Å². The highest BCUT2D eigenvalue weighted by Crippen LogP contribution is 2.43. The molecule has 5 heteroatoms. The molecule has 0 saturated heterocycles. The predicted octanol–water partition coefficient (Wildman–Crippen LogP) is 17.4. The molecule has 15 rings (SSSR count). The van der Waals surface area contributed by atoms with Crippen LogP contribution in [0.5, 0.6) is 0 Å². The third kappa shape index (κ3) is 5.07. The topological polar surface area (TPSA) is 36.1 Å². The zero-order chi connectivity index (χ0) is 42.3. The Morgan fingerprint density at radius 3 is 1.11 bits per heavy atom. The summed E-state index contributed by atoms with van der Waals surface area (Å²) in [6, 6.07) is 75.1. The molecule has 0 fully saturated rings. The van der Waals surface area contributed by atoms with Crippen LogP contribution in [0.4, 0.5) is 0 Å². The van der Waals surface area contributed by atoms with Crippen molar-refractivity contribution in [2.24, 2.45) is 0 Å². The summed E-state index contributed by atoms with van der Waals surface area (Å²) >= 11 is 1.86. The van der Waals surface area contributed by atoms with Crippen molar-refractivity contribution in [1.82, 2.24) is 9.13 Å².